The van der Waals surface area contributed by atoms with Crippen molar-refractivity contribution in [3.05, 3.63) is 57.8 Å². The van der Waals surface area contributed by atoms with E-state index in [2.05, 4.69) is 15.9 Å². The lowest BCUT2D eigenvalue weighted by molar-refractivity contribution is 0.298. The summed E-state index contributed by atoms with van der Waals surface area (Å²) in [6.07, 6.45) is 0. The first-order valence-electron chi connectivity index (χ1n) is 6.51. The second-order valence-electron chi connectivity index (χ2n) is 4.72. The third-order valence-electron chi connectivity index (χ3n) is 3.10. The van der Waals surface area contributed by atoms with Crippen LogP contribution in [0.1, 0.15) is 24.1 Å². The first-order chi connectivity index (χ1) is 10.0. The summed E-state index contributed by atoms with van der Waals surface area (Å²) >= 11 is 3.46. The fraction of sp³-hybridized carbons (Fsp3) is 0.250. The number of rotatable bonds is 5. The van der Waals surface area contributed by atoms with Gasteiger partial charge in [0.15, 0.2) is 0 Å². The Morgan fingerprint density at radius 3 is 2.67 bits per heavy atom. The predicted molar refractivity (Wildman–Crippen MR) is 84.0 cm³/mol. The van der Waals surface area contributed by atoms with Gasteiger partial charge in [-0.3, -0.25) is 0 Å². The minimum absolute atomic E-state index is 0.227. The summed E-state index contributed by atoms with van der Waals surface area (Å²) in [7, 11) is 1.61. The summed E-state index contributed by atoms with van der Waals surface area (Å²) < 4.78 is 25.2. The van der Waals surface area contributed by atoms with Crippen LogP contribution in [0, 0.1) is 5.82 Å². The van der Waals surface area contributed by atoms with Gasteiger partial charge < -0.3 is 15.2 Å². The Morgan fingerprint density at radius 2 is 2.00 bits per heavy atom. The molecule has 0 aliphatic rings. The molecule has 0 spiro atoms. The number of halogens is 2. The molecule has 0 saturated carbocycles. The molecule has 0 radical (unpaired) electrons. The molecule has 0 bridgehead atoms. The first-order valence-corrected chi connectivity index (χ1v) is 7.31. The molecular weight excluding hydrogens is 337 g/mol. The van der Waals surface area contributed by atoms with Crippen LogP contribution >= 0.6 is 15.9 Å². The van der Waals surface area contributed by atoms with Crippen LogP contribution in [0.2, 0.25) is 0 Å². The van der Waals surface area contributed by atoms with E-state index in [-0.39, 0.29) is 11.9 Å². The topological polar surface area (TPSA) is 44.5 Å². The summed E-state index contributed by atoms with van der Waals surface area (Å²) in [5.41, 5.74) is 7.56. The smallest absolute Gasteiger partial charge is 0.127 e. The molecule has 3 nitrogen and oxygen atoms in total. The number of hydrogen-bond acceptors (Lipinski definition) is 3. The van der Waals surface area contributed by atoms with Crippen LogP contribution in [0.25, 0.3) is 0 Å². The van der Waals surface area contributed by atoms with Gasteiger partial charge in [-0.2, -0.15) is 0 Å². The van der Waals surface area contributed by atoms with E-state index in [0.717, 1.165) is 21.3 Å². The number of nitrogens with two attached hydrogens (primary N) is 1. The Bertz CT molecular complexity index is 632. The maximum Gasteiger partial charge on any atom is 0.127 e. The zero-order valence-corrected chi connectivity index (χ0v) is 13.5. The molecule has 2 aromatic carbocycles. The van der Waals surface area contributed by atoms with Gasteiger partial charge in [0, 0.05) is 27.7 Å². The van der Waals surface area contributed by atoms with Crippen LogP contribution < -0.4 is 15.2 Å². The van der Waals surface area contributed by atoms with Crippen molar-refractivity contribution in [2.75, 3.05) is 7.11 Å². The third-order valence-corrected chi connectivity index (χ3v) is 3.88. The highest BCUT2D eigenvalue weighted by molar-refractivity contribution is 9.10. The van der Waals surface area contributed by atoms with E-state index >= 15 is 0 Å². The zero-order chi connectivity index (χ0) is 15.4. The van der Waals surface area contributed by atoms with Gasteiger partial charge in [-0.15, -0.1) is 0 Å². The van der Waals surface area contributed by atoms with Crippen LogP contribution in [0.4, 0.5) is 4.39 Å². The Balaban J connectivity index is 2.22. The van der Waals surface area contributed by atoms with E-state index in [4.69, 9.17) is 15.2 Å². The largest absolute Gasteiger partial charge is 0.497 e. The van der Waals surface area contributed by atoms with Gasteiger partial charge in [-0.25, -0.2) is 4.39 Å². The highest BCUT2D eigenvalue weighted by Crippen LogP contribution is 2.28. The van der Waals surface area contributed by atoms with E-state index in [1.165, 1.54) is 12.1 Å². The van der Waals surface area contributed by atoms with Crippen LogP contribution in [0.15, 0.2) is 40.9 Å². The summed E-state index contributed by atoms with van der Waals surface area (Å²) in [5, 5.41) is 0. The lowest BCUT2D eigenvalue weighted by Gasteiger charge is -2.15. The third kappa shape index (κ3) is 3.95. The van der Waals surface area contributed by atoms with Crippen LogP contribution in [-0.4, -0.2) is 7.11 Å². The summed E-state index contributed by atoms with van der Waals surface area (Å²) in [4.78, 5) is 0. The van der Waals surface area contributed by atoms with Gasteiger partial charge in [-0.05, 0) is 31.2 Å². The summed E-state index contributed by atoms with van der Waals surface area (Å²) in [6.45, 7) is 2.13. The molecule has 0 aromatic heterocycles. The lowest BCUT2D eigenvalue weighted by atomic mass is 10.1. The van der Waals surface area contributed by atoms with E-state index < -0.39 is 0 Å². The summed E-state index contributed by atoms with van der Waals surface area (Å²) in [5.74, 6) is 0.849. The second-order valence-corrected chi connectivity index (χ2v) is 5.57. The molecule has 2 rings (SSSR count). The van der Waals surface area contributed by atoms with Gasteiger partial charge >= 0.3 is 0 Å². The van der Waals surface area contributed by atoms with Crippen molar-refractivity contribution in [3.8, 4) is 11.5 Å². The van der Waals surface area contributed by atoms with Crippen LogP contribution in [-0.2, 0) is 6.61 Å². The van der Waals surface area contributed by atoms with E-state index in [0.29, 0.717) is 12.4 Å². The highest BCUT2D eigenvalue weighted by atomic mass is 79.9. The van der Waals surface area contributed by atoms with Crippen molar-refractivity contribution in [2.24, 2.45) is 5.73 Å². The van der Waals surface area contributed by atoms with Crippen molar-refractivity contribution < 1.29 is 13.9 Å². The molecule has 1 atom stereocenters. The molecule has 0 fully saturated rings. The molecule has 0 amide bonds. The van der Waals surface area contributed by atoms with Crippen LogP contribution in [0.5, 0.6) is 11.5 Å². The molecule has 0 aliphatic carbocycles. The minimum Gasteiger partial charge on any atom is -0.497 e. The fourth-order valence-electron chi connectivity index (χ4n) is 1.95. The summed E-state index contributed by atoms with van der Waals surface area (Å²) in [6, 6.07) is 9.76. The van der Waals surface area contributed by atoms with Gasteiger partial charge in [0.25, 0.3) is 0 Å². The maximum atomic E-state index is 13.4. The standard InChI is InChI=1S/C16H17BrFNO2/c1-10(19)14-5-3-12(18)8-16(14)21-9-11-7-13(20-2)4-6-15(11)17/h3-8,10H,9,19H2,1-2H3/t10-/m1/s1. The quantitative estimate of drug-likeness (QED) is 0.876. The van der Waals surface area contributed by atoms with Gasteiger partial charge in [-0.1, -0.05) is 22.0 Å². The monoisotopic (exact) mass is 353 g/mol. The molecule has 0 saturated heterocycles. The van der Waals surface area contributed by atoms with Gasteiger partial charge in [0.2, 0.25) is 0 Å². The number of ether oxygens (including phenoxy) is 2. The van der Waals surface area contributed by atoms with E-state index in [1.807, 2.05) is 25.1 Å². The van der Waals surface area contributed by atoms with Crippen molar-refractivity contribution in [3.63, 3.8) is 0 Å². The maximum absolute atomic E-state index is 13.4. The molecule has 5 heteroatoms. The molecule has 0 unspecified atom stereocenters. The Labute approximate surface area is 132 Å². The van der Waals surface area contributed by atoms with E-state index in [1.54, 1.807) is 13.2 Å². The average molecular weight is 354 g/mol. The molecule has 2 aromatic rings. The van der Waals surface area contributed by atoms with Crippen LogP contribution in [0.3, 0.4) is 0 Å². The van der Waals surface area contributed by atoms with Crippen molar-refractivity contribution in [1.29, 1.82) is 0 Å². The number of methoxy groups -OCH3 is 1. The molecule has 112 valence electrons. The Kier molecular flexibility index (Phi) is 5.20. The Hall–Kier alpha value is -1.59. The highest BCUT2D eigenvalue weighted by Gasteiger charge is 2.11. The van der Waals surface area contributed by atoms with E-state index in [9.17, 15) is 4.39 Å². The zero-order valence-electron chi connectivity index (χ0n) is 11.9. The number of hydrogen-bond donors (Lipinski definition) is 1. The van der Waals surface area contributed by atoms with Gasteiger partial charge in [0.1, 0.15) is 23.9 Å². The molecular formula is C16H17BrFNO2. The van der Waals surface area contributed by atoms with Crippen molar-refractivity contribution >= 4 is 15.9 Å². The van der Waals surface area contributed by atoms with Crippen molar-refractivity contribution in [2.45, 2.75) is 19.6 Å². The predicted octanol–water partition coefficient (Wildman–Crippen LogP) is 4.20. The second kappa shape index (κ2) is 6.91. The minimum atomic E-state index is -0.348. The van der Waals surface area contributed by atoms with Gasteiger partial charge in [0.05, 0.1) is 7.11 Å². The van der Waals surface area contributed by atoms with Crippen molar-refractivity contribution in [1.82, 2.24) is 0 Å². The molecule has 0 aliphatic heterocycles. The fourth-order valence-corrected chi connectivity index (χ4v) is 2.31. The molecule has 21 heavy (non-hydrogen) atoms. The SMILES string of the molecule is COc1ccc(Br)c(COc2cc(F)ccc2[C@@H](C)N)c1. The number of benzene rings is 2. The molecule has 2 N–H and O–H groups in total. The lowest BCUT2D eigenvalue weighted by Crippen LogP contribution is -2.08. The Morgan fingerprint density at radius 1 is 1.24 bits per heavy atom. The molecule has 0 heterocycles. The first kappa shape index (κ1) is 15.8. The average Bonchev–Trinajstić information content (AvgIpc) is 2.46. The normalized spacial score (nSPS) is 12.0.